The Kier molecular flexibility index (Phi) is 7.16. The van der Waals surface area contributed by atoms with Crippen LogP contribution < -0.4 is 10.2 Å². The van der Waals surface area contributed by atoms with Crippen LogP contribution in [0.2, 0.25) is 0 Å². The molecule has 0 spiro atoms. The first kappa shape index (κ1) is 26.5. The van der Waals surface area contributed by atoms with Crippen molar-refractivity contribution in [2.24, 2.45) is 5.10 Å². The molecule has 5 rings (SSSR count). The molecule has 3 aliphatic heterocycles. The lowest BCUT2D eigenvalue weighted by Crippen LogP contribution is -2.52. The van der Waals surface area contributed by atoms with Gasteiger partial charge in [-0.25, -0.2) is 29.0 Å². The fourth-order valence-corrected chi connectivity index (χ4v) is 5.17. The highest BCUT2D eigenvalue weighted by Gasteiger charge is 2.35. The number of likely N-dealkylation sites (N-methyl/N-ethyl adjacent to an activating group) is 1. The number of benzene rings is 1. The number of anilines is 1. The topological polar surface area (TPSA) is 132 Å². The molecule has 3 aliphatic rings. The van der Waals surface area contributed by atoms with E-state index in [1.54, 1.807) is 23.2 Å². The molecule has 14 heteroatoms. The summed E-state index contributed by atoms with van der Waals surface area (Å²) < 4.78 is 14.7. The van der Waals surface area contributed by atoms with Crippen LogP contribution in [0.25, 0.3) is 5.70 Å². The number of hydrogen-bond acceptors (Lipinski definition) is 8. The normalized spacial score (nSPS) is 21.4. The standard InChI is InChI=1S/C25H27FN9O3P/c1-31-20(12-21(36)32(2)24(31)37)22-18(26)14-28-23(30-22)33-5-7-34(8-6-33)25(38)35-19(3-4-29-35)16-9-15(13-27)10-17(39)11-16/h4,9-12,14,19,21,36H,3,5-8,39H2,1-2H3. The summed E-state index contributed by atoms with van der Waals surface area (Å²) >= 11 is 0. The Morgan fingerprint density at radius 2 is 1.95 bits per heavy atom. The van der Waals surface area contributed by atoms with Crippen molar-refractivity contribution in [2.75, 3.05) is 45.2 Å². The van der Waals surface area contributed by atoms with E-state index in [1.165, 1.54) is 30.1 Å². The van der Waals surface area contributed by atoms with E-state index in [9.17, 15) is 24.3 Å². The zero-order chi connectivity index (χ0) is 27.8. The van der Waals surface area contributed by atoms with Crippen LogP contribution in [0.15, 0.2) is 35.6 Å². The zero-order valence-electron chi connectivity index (χ0n) is 21.4. The predicted octanol–water partition coefficient (Wildman–Crippen LogP) is 1.32. The van der Waals surface area contributed by atoms with Gasteiger partial charge >= 0.3 is 12.1 Å². The van der Waals surface area contributed by atoms with Crippen molar-refractivity contribution >= 4 is 44.5 Å². The molecule has 202 valence electrons. The van der Waals surface area contributed by atoms with Crippen LogP contribution in [-0.2, 0) is 0 Å². The Morgan fingerprint density at radius 3 is 2.67 bits per heavy atom. The van der Waals surface area contributed by atoms with Gasteiger partial charge in [0.1, 0.15) is 5.69 Å². The highest BCUT2D eigenvalue weighted by Crippen LogP contribution is 2.31. The van der Waals surface area contributed by atoms with Crippen molar-refractivity contribution in [2.45, 2.75) is 18.7 Å². The van der Waals surface area contributed by atoms with Crippen LogP contribution in [0, 0.1) is 17.1 Å². The first-order valence-corrected chi connectivity index (χ1v) is 12.8. The lowest BCUT2D eigenvalue weighted by molar-refractivity contribution is 0.0680. The summed E-state index contributed by atoms with van der Waals surface area (Å²) in [6, 6.07) is 6.57. The SMILES string of the molecule is CN1C(=O)N(C)C(O)C=C1c1nc(N2CCN(C(=O)N3N=CCC3c3cc(P)cc(C#N)c3)CC2)ncc1F. The first-order chi connectivity index (χ1) is 18.7. The molecule has 1 fully saturated rings. The summed E-state index contributed by atoms with van der Waals surface area (Å²) in [6.07, 6.45) is 3.43. The van der Waals surface area contributed by atoms with Gasteiger partial charge < -0.3 is 14.9 Å². The van der Waals surface area contributed by atoms with E-state index in [4.69, 9.17) is 0 Å². The summed E-state index contributed by atoms with van der Waals surface area (Å²) in [4.78, 5) is 40.2. The maximum atomic E-state index is 14.7. The second kappa shape index (κ2) is 10.6. The molecule has 4 heterocycles. The molecule has 2 aromatic rings. The van der Waals surface area contributed by atoms with Crippen molar-refractivity contribution in [3.63, 3.8) is 0 Å². The number of rotatable bonds is 3. The molecule has 1 aromatic carbocycles. The van der Waals surface area contributed by atoms with Gasteiger partial charge in [-0.2, -0.15) is 10.4 Å². The molecule has 3 atom stereocenters. The highest BCUT2D eigenvalue weighted by atomic mass is 31.0. The number of halogens is 1. The number of urea groups is 2. The molecular formula is C25H27FN9O3P. The Hall–Kier alpha value is -4.14. The number of carbonyl (C=O) groups is 2. The number of nitrogens with zero attached hydrogens (tertiary/aromatic N) is 9. The average Bonchev–Trinajstić information content (AvgIpc) is 3.44. The minimum Gasteiger partial charge on any atom is -0.370 e. The summed E-state index contributed by atoms with van der Waals surface area (Å²) in [5.41, 5.74) is 1.41. The quantitative estimate of drug-likeness (QED) is 0.569. The number of hydrazone groups is 1. The van der Waals surface area contributed by atoms with Crippen molar-refractivity contribution in [3.8, 4) is 6.07 Å². The summed E-state index contributed by atoms with van der Waals surface area (Å²) in [5.74, 6) is -0.464. The number of nitriles is 1. The van der Waals surface area contributed by atoms with Gasteiger partial charge in [-0.15, -0.1) is 9.24 Å². The van der Waals surface area contributed by atoms with Crippen LogP contribution in [0.1, 0.15) is 29.3 Å². The van der Waals surface area contributed by atoms with Gasteiger partial charge in [-0.05, 0) is 35.1 Å². The molecular weight excluding hydrogens is 524 g/mol. The molecule has 0 aliphatic carbocycles. The van der Waals surface area contributed by atoms with Crippen LogP contribution in [0.4, 0.5) is 19.9 Å². The van der Waals surface area contributed by atoms with Crippen LogP contribution in [0.5, 0.6) is 0 Å². The van der Waals surface area contributed by atoms with E-state index >= 15 is 0 Å². The van der Waals surface area contributed by atoms with E-state index in [0.29, 0.717) is 38.2 Å². The fourth-order valence-electron chi connectivity index (χ4n) is 4.80. The number of piperazine rings is 1. The van der Waals surface area contributed by atoms with Gasteiger partial charge in [0.15, 0.2) is 12.0 Å². The summed E-state index contributed by atoms with van der Waals surface area (Å²) in [5, 5.41) is 26.1. The number of amides is 4. The Morgan fingerprint density at radius 1 is 1.21 bits per heavy atom. The number of hydrogen-bond donors (Lipinski definition) is 1. The van der Waals surface area contributed by atoms with Crippen molar-refractivity contribution in [3.05, 3.63) is 53.1 Å². The largest absolute Gasteiger partial charge is 0.370 e. The molecule has 3 unspecified atom stereocenters. The van der Waals surface area contributed by atoms with E-state index in [-0.39, 0.29) is 29.4 Å². The average molecular weight is 552 g/mol. The first-order valence-electron chi connectivity index (χ1n) is 12.3. The number of carbonyl (C=O) groups excluding carboxylic acids is 2. The van der Waals surface area contributed by atoms with E-state index in [1.807, 2.05) is 11.0 Å². The van der Waals surface area contributed by atoms with Crippen LogP contribution in [-0.4, -0.2) is 99.6 Å². The molecule has 0 saturated carbocycles. The molecule has 39 heavy (non-hydrogen) atoms. The minimum atomic E-state index is -1.21. The smallest absolute Gasteiger partial charge is 0.341 e. The number of aliphatic hydroxyl groups excluding tert-OH is 1. The Labute approximate surface area is 226 Å². The molecule has 4 amide bonds. The van der Waals surface area contributed by atoms with Crippen LogP contribution >= 0.6 is 9.24 Å². The molecule has 1 N–H and O–H groups in total. The third-order valence-corrected chi connectivity index (χ3v) is 7.31. The lowest BCUT2D eigenvalue weighted by atomic mass is 10.0. The molecule has 1 saturated heterocycles. The molecule has 0 bridgehead atoms. The second-order valence-corrected chi connectivity index (χ2v) is 10.1. The number of aromatic nitrogens is 2. The van der Waals surface area contributed by atoms with Gasteiger partial charge in [0, 0.05) is 52.9 Å². The van der Waals surface area contributed by atoms with Crippen molar-refractivity contribution < 1.29 is 19.1 Å². The van der Waals surface area contributed by atoms with Gasteiger partial charge in [-0.3, -0.25) is 9.80 Å². The monoisotopic (exact) mass is 551 g/mol. The maximum Gasteiger partial charge on any atom is 0.341 e. The Balaban J connectivity index is 1.29. The second-order valence-electron chi connectivity index (χ2n) is 9.44. The predicted molar refractivity (Wildman–Crippen MR) is 144 cm³/mol. The van der Waals surface area contributed by atoms with Crippen LogP contribution in [0.3, 0.4) is 0 Å². The third kappa shape index (κ3) is 5.01. The van der Waals surface area contributed by atoms with Gasteiger partial charge in [0.25, 0.3) is 0 Å². The minimum absolute atomic E-state index is 0.0937. The van der Waals surface area contributed by atoms with E-state index in [0.717, 1.165) is 22.0 Å². The maximum absolute atomic E-state index is 14.7. The fraction of sp³-hybridized carbons (Fsp3) is 0.360. The lowest BCUT2D eigenvalue weighted by Gasteiger charge is -2.37. The highest BCUT2D eigenvalue weighted by molar-refractivity contribution is 7.27. The van der Waals surface area contributed by atoms with E-state index < -0.39 is 18.1 Å². The van der Waals surface area contributed by atoms with Crippen molar-refractivity contribution in [1.82, 2.24) is 29.7 Å². The van der Waals surface area contributed by atoms with Crippen molar-refractivity contribution in [1.29, 1.82) is 5.26 Å². The summed E-state index contributed by atoms with van der Waals surface area (Å²) in [7, 11) is 5.51. The number of aliphatic hydroxyl groups is 1. The third-order valence-electron chi connectivity index (χ3n) is 6.98. The van der Waals surface area contributed by atoms with Gasteiger partial charge in [0.2, 0.25) is 5.95 Å². The molecule has 1 aromatic heterocycles. The summed E-state index contributed by atoms with van der Waals surface area (Å²) in [6.45, 7) is 1.53. The van der Waals surface area contributed by atoms with Gasteiger partial charge in [-0.1, -0.05) is 0 Å². The molecule has 12 nitrogen and oxygen atoms in total. The molecule has 0 radical (unpaired) electrons. The Bertz CT molecular complexity index is 1420. The van der Waals surface area contributed by atoms with Gasteiger partial charge in [0.05, 0.1) is 29.6 Å². The zero-order valence-corrected chi connectivity index (χ0v) is 22.6. The van der Waals surface area contributed by atoms with E-state index in [2.05, 4.69) is 30.4 Å².